The van der Waals surface area contributed by atoms with Gasteiger partial charge in [0.2, 0.25) is 0 Å². The number of anilines is 1. The van der Waals surface area contributed by atoms with E-state index in [-0.39, 0.29) is 18.0 Å². The molecule has 1 aliphatic rings. The number of hydrogen-bond acceptors (Lipinski definition) is 4. The molecule has 2 amide bonds. The minimum Gasteiger partial charge on any atom is -0.444 e. The van der Waals surface area contributed by atoms with Gasteiger partial charge >= 0.3 is 6.09 Å². The zero-order chi connectivity index (χ0) is 18.6. The van der Waals surface area contributed by atoms with Crippen LogP contribution in [0, 0.1) is 0 Å². The molecular weight excluding hydrogens is 342 g/mol. The summed E-state index contributed by atoms with van der Waals surface area (Å²) in [5.74, 6) is -0.232. The standard InChI is InChI=1S/C18H26ClN3O3/c1-18(2,3)25-17(24)22-9-5-6-13(22)11-21-12-7-8-15(19)14(10-12)16(23)20-4/h7-8,10,13,21H,5-6,9,11H2,1-4H3,(H,20,23). The largest absolute Gasteiger partial charge is 0.444 e. The molecule has 2 N–H and O–H groups in total. The number of benzene rings is 1. The first kappa shape index (κ1) is 19.4. The lowest BCUT2D eigenvalue weighted by Gasteiger charge is -2.29. The number of rotatable bonds is 4. The second-order valence-corrected chi connectivity index (χ2v) is 7.53. The first-order chi connectivity index (χ1) is 11.7. The maximum atomic E-state index is 12.3. The monoisotopic (exact) mass is 367 g/mol. The van der Waals surface area contributed by atoms with Gasteiger partial charge in [0.05, 0.1) is 16.6 Å². The van der Waals surface area contributed by atoms with E-state index < -0.39 is 5.60 Å². The van der Waals surface area contributed by atoms with E-state index in [1.807, 2.05) is 26.8 Å². The van der Waals surface area contributed by atoms with Crippen molar-refractivity contribution in [2.75, 3.05) is 25.5 Å². The summed E-state index contributed by atoms with van der Waals surface area (Å²) in [6.45, 7) is 6.88. The molecule has 1 unspecified atom stereocenters. The van der Waals surface area contributed by atoms with Crippen molar-refractivity contribution in [2.45, 2.75) is 45.3 Å². The van der Waals surface area contributed by atoms with Gasteiger partial charge in [-0.2, -0.15) is 0 Å². The van der Waals surface area contributed by atoms with Crippen LogP contribution in [0.3, 0.4) is 0 Å². The Morgan fingerprint density at radius 1 is 1.36 bits per heavy atom. The molecule has 1 aliphatic heterocycles. The average molecular weight is 368 g/mol. The van der Waals surface area contributed by atoms with Crippen LogP contribution < -0.4 is 10.6 Å². The molecule has 0 bridgehead atoms. The number of ether oxygens (including phenoxy) is 1. The van der Waals surface area contributed by atoms with Crippen LogP contribution in [0.25, 0.3) is 0 Å². The number of likely N-dealkylation sites (tertiary alicyclic amines) is 1. The number of nitrogens with zero attached hydrogens (tertiary/aromatic N) is 1. The van der Waals surface area contributed by atoms with Gasteiger partial charge < -0.3 is 20.3 Å². The highest BCUT2D eigenvalue weighted by molar-refractivity contribution is 6.34. The quantitative estimate of drug-likeness (QED) is 0.854. The van der Waals surface area contributed by atoms with Crippen molar-refractivity contribution < 1.29 is 14.3 Å². The molecular formula is C18H26ClN3O3. The second-order valence-electron chi connectivity index (χ2n) is 7.12. The number of hydrogen-bond donors (Lipinski definition) is 2. The van der Waals surface area contributed by atoms with E-state index in [1.54, 1.807) is 24.1 Å². The Labute approximate surface area is 153 Å². The summed E-state index contributed by atoms with van der Waals surface area (Å²) in [6, 6.07) is 5.29. The molecule has 0 aromatic heterocycles. The summed E-state index contributed by atoms with van der Waals surface area (Å²) in [7, 11) is 1.57. The number of carbonyl (C=O) groups excluding carboxylic acids is 2. The normalized spacial score (nSPS) is 17.3. The summed E-state index contributed by atoms with van der Waals surface area (Å²) in [4.78, 5) is 25.9. The fraction of sp³-hybridized carbons (Fsp3) is 0.556. The molecule has 0 aliphatic carbocycles. The molecule has 1 saturated heterocycles. The van der Waals surface area contributed by atoms with Crippen LogP contribution in [0.2, 0.25) is 5.02 Å². The molecule has 1 heterocycles. The van der Waals surface area contributed by atoms with Crippen molar-refractivity contribution in [2.24, 2.45) is 0 Å². The fourth-order valence-electron chi connectivity index (χ4n) is 2.79. The molecule has 2 rings (SSSR count). The first-order valence-corrected chi connectivity index (χ1v) is 8.84. The van der Waals surface area contributed by atoms with Crippen molar-refractivity contribution >= 4 is 29.3 Å². The van der Waals surface area contributed by atoms with E-state index in [2.05, 4.69) is 10.6 Å². The summed E-state index contributed by atoms with van der Waals surface area (Å²) < 4.78 is 5.47. The van der Waals surface area contributed by atoms with Crippen LogP contribution >= 0.6 is 11.6 Å². The Bertz CT molecular complexity index is 643. The number of halogens is 1. The highest BCUT2D eigenvalue weighted by Crippen LogP contribution is 2.23. The molecule has 0 radical (unpaired) electrons. The third kappa shape index (κ3) is 5.26. The van der Waals surface area contributed by atoms with Crippen molar-refractivity contribution in [3.8, 4) is 0 Å². The van der Waals surface area contributed by atoms with E-state index in [0.717, 1.165) is 18.5 Å². The number of carbonyl (C=O) groups is 2. The van der Waals surface area contributed by atoms with Gasteiger partial charge in [0, 0.05) is 25.8 Å². The predicted molar refractivity (Wildman–Crippen MR) is 99.3 cm³/mol. The van der Waals surface area contributed by atoms with Gasteiger partial charge in [-0.05, 0) is 51.8 Å². The van der Waals surface area contributed by atoms with Crippen LogP contribution in [0.4, 0.5) is 10.5 Å². The van der Waals surface area contributed by atoms with E-state index in [0.29, 0.717) is 23.7 Å². The van der Waals surface area contributed by atoms with Crippen LogP contribution in [-0.4, -0.2) is 48.7 Å². The van der Waals surface area contributed by atoms with Gasteiger partial charge in [-0.3, -0.25) is 4.79 Å². The van der Waals surface area contributed by atoms with Crippen molar-refractivity contribution in [1.29, 1.82) is 0 Å². The molecule has 1 aromatic carbocycles. The molecule has 1 fully saturated rings. The topological polar surface area (TPSA) is 70.7 Å². The minimum absolute atomic E-state index is 0.0639. The maximum Gasteiger partial charge on any atom is 0.410 e. The Morgan fingerprint density at radius 3 is 2.72 bits per heavy atom. The SMILES string of the molecule is CNC(=O)c1cc(NCC2CCCN2C(=O)OC(C)(C)C)ccc1Cl. The lowest BCUT2D eigenvalue weighted by molar-refractivity contribution is 0.0235. The van der Waals surface area contributed by atoms with E-state index in [1.165, 1.54) is 0 Å². The van der Waals surface area contributed by atoms with E-state index in [4.69, 9.17) is 16.3 Å². The third-order valence-corrected chi connectivity index (χ3v) is 4.31. The smallest absolute Gasteiger partial charge is 0.410 e. The molecule has 0 saturated carbocycles. The van der Waals surface area contributed by atoms with E-state index >= 15 is 0 Å². The number of nitrogens with one attached hydrogen (secondary N) is 2. The second kappa shape index (κ2) is 7.95. The summed E-state index contributed by atoms with van der Waals surface area (Å²) >= 11 is 6.07. The summed E-state index contributed by atoms with van der Waals surface area (Å²) in [5, 5.41) is 6.27. The maximum absolute atomic E-state index is 12.3. The predicted octanol–water partition coefficient (Wildman–Crippen LogP) is 3.51. The van der Waals surface area contributed by atoms with Crippen LogP contribution in [0.5, 0.6) is 0 Å². The molecule has 0 spiro atoms. The van der Waals surface area contributed by atoms with Crippen molar-refractivity contribution in [3.05, 3.63) is 28.8 Å². The number of amides is 2. The van der Waals surface area contributed by atoms with Gasteiger partial charge in [-0.25, -0.2) is 4.79 Å². The van der Waals surface area contributed by atoms with Crippen molar-refractivity contribution in [3.63, 3.8) is 0 Å². The lowest BCUT2D eigenvalue weighted by Crippen LogP contribution is -2.42. The Balaban J connectivity index is 2.00. The molecule has 6 nitrogen and oxygen atoms in total. The Kier molecular flexibility index (Phi) is 6.16. The Hall–Kier alpha value is -1.95. The molecule has 1 aromatic rings. The Morgan fingerprint density at radius 2 is 2.08 bits per heavy atom. The summed E-state index contributed by atoms with van der Waals surface area (Å²) in [6.07, 6.45) is 1.59. The van der Waals surface area contributed by atoms with Crippen LogP contribution in [0.15, 0.2) is 18.2 Å². The zero-order valence-electron chi connectivity index (χ0n) is 15.2. The van der Waals surface area contributed by atoms with Gasteiger partial charge in [0.25, 0.3) is 5.91 Å². The molecule has 25 heavy (non-hydrogen) atoms. The van der Waals surface area contributed by atoms with Gasteiger partial charge in [-0.1, -0.05) is 11.6 Å². The van der Waals surface area contributed by atoms with Gasteiger partial charge in [0.15, 0.2) is 0 Å². The van der Waals surface area contributed by atoms with Gasteiger partial charge in [-0.15, -0.1) is 0 Å². The fourth-order valence-corrected chi connectivity index (χ4v) is 2.99. The molecule has 7 heteroatoms. The third-order valence-electron chi connectivity index (χ3n) is 3.99. The van der Waals surface area contributed by atoms with Crippen LogP contribution in [0.1, 0.15) is 44.0 Å². The lowest BCUT2D eigenvalue weighted by atomic mass is 10.1. The first-order valence-electron chi connectivity index (χ1n) is 8.46. The van der Waals surface area contributed by atoms with E-state index in [9.17, 15) is 9.59 Å². The van der Waals surface area contributed by atoms with Gasteiger partial charge in [0.1, 0.15) is 5.60 Å². The van der Waals surface area contributed by atoms with Crippen LogP contribution in [-0.2, 0) is 4.74 Å². The highest BCUT2D eigenvalue weighted by atomic mass is 35.5. The average Bonchev–Trinajstić information content (AvgIpc) is 3.00. The summed E-state index contributed by atoms with van der Waals surface area (Å²) in [5.41, 5.74) is 0.708. The minimum atomic E-state index is -0.504. The molecule has 1 atom stereocenters. The van der Waals surface area contributed by atoms with Crippen molar-refractivity contribution in [1.82, 2.24) is 10.2 Å². The zero-order valence-corrected chi connectivity index (χ0v) is 15.9. The highest BCUT2D eigenvalue weighted by Gasteiger charge is 2.31. The molecule has 138 valence electrons.